The van der Waals surface area contributed by atoms with Gasteiger partial charge in [-0.3, -0.25) is 15.2 Å². The minimum absolute atomic E-state index is 0.0164. The van der Waals surface area contributed by atoms with Crippen molar-refractivity contribution in [2.75, 3.05) is 0 Å². The summed E-state index contributed by atoms with van der Waals surface area (Å²) in [6.45, 7) is 0. The van der Waals surface area contributed by atoms with Crippen molar-refractivity contribution in [2.45, 2.75) is 6.42 Å². The lowest BCUT2D eigenvalue weighted by molar-refractivity contribution is -0.384. The van der Waals surface area contributed by atoms with Gasteiger partial charge in [-0.15, -0.1) is 0 Å². The first-order valence-electron chi connectivity index (χ1n) is 4.77. The van der Waals surface area contributed by atoms with Crippen LogP contribution >= 0.6 is 0 Å². The fourth-order valence-electron chi connectivity index (χ4n) is 1.39. The SMILES string of the molecule is O=CCC#Cc1[nH]nc2ccc([N+](=O)[O-])cc12. The largest absolute Gasteiger partial charge is 0.302 e. The van der Waals surface area contributed by atoms with Crippen molar-refractivity contribution in [3.8, 4) is 11.8 Å². The van der Waals surface area contributed by atoms with Crippen LogP contribution in [-0.2, 0) is 4.79 Å². The van der Waals surface area contributed by atoms with Crippen LogP contribution in [0.5, 0.6) is 0 Å². The van der Waals surface area contributed by atoms with Crippen LogP contribution in [0.1, 0.15) is 12.1 Å². The molecule has 17 heavy (non-hydrogen) atoms. The Morgan fingerprint density at radius 3 is 3.06 bits per heavy atom. The van der Waals surface area contributed by atoms with Crippen molar-refractivity contribution in [3.05, 3.63) is 34.0 Å². The number of rotatable bonds is 2. The molecule has 0 spiro atoms. The maximum Gasteiger partial charge on any atom is 0.270 e. The lowest BCUT2D eigenvalue weighted by Gasteiger charge is -1.90. The highest BCUT2D eigenvalue weighted by Gasteiger charge is 2.10. The Morgan fingerprint density at radius 1 is 1.53 bits per heavy atom. The van der Waals surface area contributed by atoms with Crippen LogP contribution in [-0.4, -0.2) is 21.4 Å². The summed E-state index contributed by atoms with van der Waals surface area (Å²) in [5, 5.41) is 17.8. The van der Waals surface area contributed by atoms with Gasteiger partial charge < -0.3 is 4.79 Å². The molecule has 6 nitrogen and oxygen atoms in total. The number of carbonyl (C=O) groups is 1. The van der Waals surface area contributed by atoms with Crippen LogP contribution in [0, 0.1) is 22.0 Å². The zero-order valence-corrected chi connectivity index (χ0v) is 8.64. The Balaban J connectivity index is 2.51. The van der Waals surface area contributed by atoms with E-state index >= 15 is 0 Å². The van der Waals surface area contributed by atoms with Gasteiger partial charge in [0.05, 0.1) is 16.9 Å². The summed E-state index contributed by atoms with van der Waals surface area (Å²) in [6.07, 6.45) is 0.809. The molecule has 0 aliphatic heterocycles. The number of aromatic amines is 1. The van der Waals surface area contributed by atoms with Gasteiger partial charge >= 0.3 is 0 Å². The molecular weight excluding hydrogens is 222 g/mol. The highest BCUT2D eigenvalue weighted by molar-refractivity contribution is 5.86. The maximum atomic E-state index is 10.6. The summed E-state index contributed by atoms with van der Waals surface area (Å²) in [6, 6.07) is 4.34. The summed E-state index contributed by atoms with van der Waals surface area (Å²) in [4.78, 5) is 20.3. The fourth-order valence-corrected chi connectivity index (χ4v) is 1.39. The average Bonchev–Trinajstić information content (AvgIpc) is 2.72. The van der Waals surface area contributed by atoms with E-state index in [-0.39, 0.29) is 12.1 Å². The Bertz CT molecular complexity index is 649. The number of hydrogen-bond acceptors (Lipinski definition) is 4. The Morgan fingerprint density at radius 2 is 2.35 bits per heavy atom. The van der Waals surface area contributed by atoms with E-state index in [9.17, 15) is 14.9 Å². The summed E-state index contributed by atoms with van der Waals surface area (Å²) >= 11 is 0. The van der Waals surface area contributed by atoms with E-state index in [1.54, 1.807) is 6.07 Å². The van der Waals surface area contributed by atoms with Crippen molar-refractivity contribution in [1.82, 2.24) is 10.2 Å². The molecule has 1 N–H and O–H groups in total. The minimum atomic E-state index is -0.477. The molecule has 1 aromatic carbocycles. The molecule has 6 heteroatoms. The monoisotopic (exact) mass is 229 g/mol. The third-order valence-electron chi connectivity index (χ3n) is 2.15. The van der Waals surface area contributed by atoms with Gasteiger partial charge in [-0.25, -0.2) is 0 Å². The van der Waals surface area contributed by atoms with E-state index < -0.39 is 4.92 Å². The van der Waals surface area contributed by atoms with Crippen LogP contribution in [0.3, 0.4) is 0 Å². The lowest BCUT2D eigenvalue weighted by atomic mass is 10.2. The molecule has 0 atom stereocenters. The number of nitrogens with one attached hydrogen (secondary N) is 1. The van der Waals surface area contributed by atoms with Crippen molar-refractivity contribution < 1.29 is 9.72 Å². The molecule has 1 aromatic heterocycles. The topological polar surface area (TPSA) is 88.9 Å². The molecular formula is C11H7N3O3. The predicted molar refractivity (Wildman–Crippen MR) is 60.3 cm³/mol. The van der Waals surface area contributed by atoms with Gasteiger partial charge in [0.25, 0.3) is 5.69 Å². The van der Waals surface area contributed by atoms with E-state index in [0.717, 1.165) is 0 Å². The van der Waals surface area contributed by atoms with E-state index in [4.69, 9.17) is 0 Å². The van der Waals surface area contributed by atoms with E-state index in [2.05, 4.69) is 22.0 Å². The third kappa shape index (κ3) is 2.13. The Kier molecular flexibility index (Phi) is 2.83. The smallest absolute Gasteiger partial charge is 0.270 e. The van der Waals surface area contributed by atoms with E-state index in [1.165, 1.54) is 12.1 Å². The predicted octanol–water partition coefficient (Wildman–Crippen LogP) is 1.41. The molecule has 1 heterocycles. The Labute approximate surface area is 95.8 Å². The first-order valence-corrected chi connectivity index (χ1v) is 4.77. The van der Waals surface area contributed by atoms with Gasteiger partial charge in [-0.2, -0.15) is 5.10 Å². The fraction of sp³-hybridized carbons (Fsp3) is 0.0909. The van der Waals surface area contributed by atoms with Crippen molar-refractivity contribution in [3.63, 3.8) is 0 Å². The highest BCUT2D eigenvalue weighted by atomic mass is 16.6. The molecule has 84 valence electrons. The number of aromatic nitrogens is 2. The number of nitro benzene ring substituents is 1. The Hall–Kier alpha value is -2.68. The van der Waals surface area contributed by atoms with E-state index in [0.29, 0.717) is 22.9 Å². The second-order valence-corrected chi connectivity index (χ2v) is 3.23. The molecule has 0 radical (unpaired) electrons. The third-order valence-corrected chi connectivity index (χ3v) is 2.15. The number of nitrogens with zero attached hydrogens (tertiary/aromatic N) is 2. The van der Waals surface area contributed by atoms with Gasteiger partial charge in [0.15, 0.2) is 0 Å². The van der Waals surface area contributed by atoms with Crippen molar-refractivity contribution >= 4 is 22.9 Å². The first kappa shape index (κ1) is 10.8. The van der Waals surface area contributed by atoms with Crippen LogP contribution < -0.4 is 0 Å². The lowest BCUT2D eigenvalue weighted by Crippen LogP contribution is -1.86. The molecule has 0 saturated carbocycles. The number of benzene rings is 1. The summed E-state index contributed by atoms with van der Waals surface area (Å²) in [7, 11) is 0. The molecule has 0 amide bonds. The maximum absolute atomic E-state index is 10.6. The number of aldehydes is 1. The average molecular weight is 229 g/mol. The second kappa shape index (κ2) is 4.45. The zero-order valence-electron chi connectivity index (χ0n) is 8.64. The highest BCUT2D eigenvalue weighted by Crippen LogP contribution is 2.21. The minimum Gasteiger partial charge on any atom is -0.302 e. The zero-order chi connectivity index (χ0) is 12.3. The van der Waals surface area contributed by atoms with E-state index in [1.807, 2.05) is 0 Å². The molecule has 0 saturated heterocycles. The van der Waals surface area contributed by atoms with Gasteiger partial charge in [-0.05, 0) is 12.0 Å². The summed E-state index contributed by atoms with van der Waals surface area (Å²) in [5.41, 5.74) is 1.06. The van der Waals surface area contributed by atoms with Crippen LogP contribution in [0.15, 0.2) is 18.2 Å². The van der Waals surface area contributed by atoms with Crippen molar-refractivity contribution in [1.29, 1.82) is 0 Å². The van der Waals surface area contributed by atoms with Gasteiger partial charge in [-0.1, -0.05) is 5.92 Å². The molecule has 0 fully saturated rings. The molecule has 2 aromatic rings. The number of hydrogen-bond donors (Lipinski definition) is 1. The summed E-state index contributed by atoms with van der Waals surface area (Å²) in [5.74, 6) is 5.33. The van der Waals surface area contributed by atoms with Gasteiger partial charge in [0.1, 0.15) is 12.0 Å². The molecule has 0 bridgehead atoms. The number of nitro groups is 1. The number of carbonyl (C=O) groups excluding carboxylic acids is 1. The second-order valence-electron chi connectivity index (χ2n) is 3.23. The number of non-ortho nitro benzene ring substituents is 1. The molecule has 0 unspecified atom stereocenters. The first-order chi connectivity index (χ1) is 8.22. The molecule has 0 aliphatic carbocycles. The van der Waals surface area contributed by atoms with Gasteiger partial charge in [0, 0.05) is 17.5 Å². The van der Waals surface area contributed by atoms with Gasteiger partial charge in [0.2, 0.25) is 0 Å². The number of H-pyrrole nitrogens is 1. The number of fused-ring (bicyclic) bond motifs is 1. The van der Waals surface area contributed by atoms with Crippen LogP contribution in [0.4, 0.5) is 5.69 Å². The molecule has 2 rings (SSSR count). The molecule has 0 aliphatic rings. The quantitative estimate of drug-likeness (QED) is 0.365. The normalized spacial score (nSPS) is 9.65. The van der Waals surface area contributed by atoms with Crippen molar-refractivity contribution in [2.24, 2.45) is 0 Å². The standard InChI is InChI=1S/C11H7N3O3/c15-6-2-1-3-10-9-7-8(14(16)17)4-5-11(9)13-12-10/h4-7H,2H2,(H,12,13). The van der Waals surface area contributed by atoms with Crippen LogP contribution in [0.25, 0.3) is 10.9 Å². The summed E-state index contributed by atoms with van der Waals surface area (Å²) < 4.78 is 0. The van der Waals surface area contributed by atoms with Crippen LogP contribution in [0.2, 0.25) is 0 Å².